The van der Waals surface area contributed by atoms with Crippen LogP contribution in [0.4, 0.5) is 0 Å². The van der Waals surface area contributed by atoms with E-state index in [9.17, 15) is 0 Å². The van der Waals surface area contributed by atoms with E-state index < -0.39 is 0 Å². The molecule has 3 atom stereocenters. The first-order valence-electron chi connectivity index (χ1n) is 8.09. The first-order chi connectivity index (χ1) is 11.3. The molecule has 1 aromatic rings. The van der Waals surface area contributed by atoms with Crippen LogP contribution < -0.4 is 4.74 Å². The number of hydrogen-bond acceptors (Lipinski definition) is 4. The summed E-state index contributed by atoms with van der Waals surface area (Å²) < 4.78 is 22.8. The smallest absolute Gasteiger partial charge is 0.145 e. The van der Waals surface area contributed by atoms with Crippen LogP contribution in [0.1, 0.15) is 25.3 Å². The van der Waals surface area contributed by atoms with E-state index in [1.54, 1.807) is 19.4 Å². The molecule has 0 saturated carbocycles. The van der Waals surface area contributed by atoms with Crippen molar-refractivity contribution in [3.05, 3.63) is 54.8 Å². The highest BCUT2D eigenvalue weighted by Gasteiger charge is 2.32. The number of hydrogen-bond donors (Lipinski definition) is 0. The molecule has 0 aromatic heterocycles. The quantitative estimate of drug-likeness (QED) is 0.512. The normalized spacial score (nSPS) is 23.3. The summed E-state index contributed by atoms with van der Waals surface area (Å²) in [6, 6.07) is 7.84. The van der Waals surface area contributed by atoms with Crippen molar-refractivity contribution in [2.45, 2.75) is 44.7 Å². The Balaban J connectivity index is 1.96. The van der Waals surface area contributed by atoms with Crippen molar-refractivity contribution in [2.24, 2.45) is 0 Å². The molecule has 23 heavy (non-hydrogen) atoms. The van der Waals surface area contributed by atoms with Gasteiger partial charge in [-0.3, -0.25) is 0 Å². The van der Waals surface area contributed by atoms with Crippen molar-refractivity contribution < 1.29 is 18.9 Å². The lowest BCUT2D eigenvalue weighted by atomic mass is 10.1. The summed E-state index contributed by atoms with van der Waals surface area (Å²) in [5, 5.41) is 0. The predicted molar refractivity (Wildman–Crippen MR) is 90.4 cm³/mol. The standard InChI is InChI=1S/C19H26O4/c1-4-6-12-21-18-11-13-22-17(5-2)19(18)23-14-15-7-9-16(20-3)10-8-15/h5,7-11,13,17-19H,2,4,6,12,14H2,1,3H3. The van der Waals surface area contributed by atoms with Crippen LogP contribution in [-0.2, 0) is 20.8 Å². The molecule has 1 aromatic carbocycles. The van der Waals surface area contributed by atoms with Gasteiger partial charge in [-0.1, -0.05) is 32.1 Å². The van der Waals surface area contributed by atoms with E-state index >= 15 is 0 Å². The third-order valence-corrected chi connectivity index (χ3v) is 3.79. The number of unbranched alkanes of at least 4 members (excludes halogenated alkanes) is 1. The van der Waals surface area contributed by atoms with Crippen LogP contribution in [0.15, 0.2) is 49.3 Å². The molecule has 0 N–H and O–H groups in total. The molecule has 0 fully saturated rings. The Bertz CT molecular complexity index is 495. The lowest BCUT2D eigenvalue weighted by Crippen LogP contribution is -2.42. The largest absolute Gasteiger partial charge is 0.497 e. The number of methoxy groups -OCH3 is 1. The van der Waals surface area contributed by atoms with Crippen LogP contribution in [0.2, 0.25) is 0 Å². The Morgan fingerprint density at radius 3 is 2.65 bits per heavy atom. The minimum absolute atomic E-state index is 0.114. The number of rotatable bonds is 9. The van der Waals surface area contributed by atoms with E-state index in [0.717, 1.165) is 30.8 Å². The fourth-order valence-electron chi connectivity index (χ4n) is 2.40. The Labute approximate surface area is 138 Å². The van der Waals surface area contributed by atoms with Crippen LogP contribution in [0.25, 0.3) is 0 Å². The lowest BCUT2D eigenvalue weighted by Gasteiger charge is -2.33. The van der Waals surface area contributed by atoms with Gasteiger partial charge >= 0.3 is 0 Å². The zero-order chi connectivity index (χ0) is 16.5. The van der Waals surface area contributed by atoms with Gasteiger partial charge in [0.25, 0.3) is 0 Å². The van der Waals surface area contributed by atoms with Crippen molar-refractivity contribution in [3.63, 3.8) is 0 Å². The van der Waals surface area contributed by atoms with Gasteiger partial charge in [-0.05, 0) is 36.3 Å². The van der Waals surface area contributed by atoms with E-state index in [1.807, 2.05) is 30.3 Å². The molecule has 3 unspecified atom stereocenters. The molecule has 0 amide bonds. The van der Waals surface area contributed by atoms with E-state index in [0.29, 0.717) is 6.61 Å². The third kappa shape index (κ3) is 5.12. The van der Waals surface area contributed by atoms with Gasteiger partial charge in [0.1, 0.15) is 24.1 Å². The molecule has 126 valence electrons. The molecule has 1 aliphatic heterocycles. The predicted octanol–water partition coefficient (Wildman–Crippen LogP) is 3.86. The maximum Gasteiger partial charge on any atom is 0.145 e. The van der Waals surface area contributed by atoms with Crippen molar-refractivity contribution in [2.75, 3.05) is 13.7 Å². The average Bonchev–Trinajstić information content (AvgIpc) is 2.61. The second-order valence-corrected chi connectivity index (χ2v) is 5.48. The summed E-state index contributed by atoms with van der Waals surface area (Å²) in [4.78, 5) is 0. The van der Waals surface area contributed by atoms with E-state index in [1.165, 1.54) is 0 Å². The van der Waals surface area contributed by atoms with Gasteiger partial charge in [0.05, 0.1) is 20.0 Å². The first-order valence-corrected chi connectivity index (χ1v) is 8.09. The molecular formula is C19H26O4. The van der Waals surface area contributed by atoms with Crippen LogP contribution in [-0.4, -0.2) is 32.0 Å². The van der Waals surface area contributed by atoms with Gasteiger partial charge < -0.3 is 18.9 Å². The number of ether oxygens (including phenoxy) is 4. The van der Waals surface area contributed by atoms with E-state index in [2.05, 4.69) is 13.5 Å². The summed E-state index contributed by atoms with van der Waals surface area (Å²) >= 11 is 0. The summed E-state index contributed by atoms with van der Waals surface area (Å²) in [5.41, 5.74) is 1.08. The first kappa shape index (κ1) is 17.6. The molecule has 4 nitrogen and oxygen atoms in total. The molecular weight excluding hydrogens is 292 g/mol. The Morgan fingerprint density at radius 2 is 2.00 bits per heavy atom. The minimum Gasteiger partial charge on any atom is -0.497 e. The molecule has 0 saturated heterocycles. The Kier molecular flexibility index (Phi) is 7.17. The second-order valence-electron chi connectivity index (χ2n) is 5.48. The highest BCUT2D eigenvalue weighted by Crippen LogP contribution is 2.22. The van der Waals surface area contributed by atoms with Crippen LogP contribution in [0.5, 0.6) is 5.75 Å². The highest BCUT2D eigenvalue weighted by molar-refractivity contribution is 5.26. The van der Waals surface area contributed by atoms with Gasteiger partial charge in [0.15, 0.2) is 0 Å². The monoisotopic (exact) mass is 318 g/mol. The summed E-state index contributed by atoms with van der Waals surface area (Å²) in [5.74, 6) is 0.836. The maximum atomic E-state index is 6.08. The lowest BCUT2D eigenvalue weighted by molar-refractivity contribution is -0.113. The zero-order valence-electron chi connectivity index (χ0n) is 13.9. The molecule has 1 aliphatic rings. The fraction of sp³-hybridized carbons (Fsp3) is 0.474. The molecule has 0 radical (unpaired) electrons. The van der Waals surface area contributed by atoms with Gasteiger partial charge in [-0.2, -0.15) is 0 Å². The van der Waals surface area contributed by atoms with Crippen LogP contribution in [0.3, 0.4) is 0 Å². The van der Waals surface area contributed by atoms with E-state index in [-0.39, 0.29) is 18.3 Å². The van der Waals surface area contributed by atoms with E-state index in [4.69, 9.17) is 18.9 Å². The molecule has 0 aliphatic carbocycles. The van der Waals surface area contributed by atoms with Gasteiger partial charge in [0, 0.05) is 6.61 Å². The molecule has 0 bridgehead atoms. The minimum atomic E-state index is -0.204. The SMILES string of the molecule is C=CC1OC=CC(OCCCC)C1OCc1ccc(OC)cc1. The highest BCUT2D eigenvalue weighted by atomic mass is 16.6. The molecule has 2 rings (SSSR count). The fourth-order valence-corrected chi connectivity index (χ4v) is 2.40. The molecule has 4 heteroatoms. The van der Waals surface area contributed by atoms with Crippen molar-refractivity contribution in [3.8, 4) is 5.75 Å². The van der Waals surface area contributed by atoms with Crippen molar-refractivity contribution >= 4 is 0 Å². The Morgan fingerprint density at radius 1 is 1.22 bits per heavy atom. The van der Waals surface area contributed by atoms with Gasteiger partial charge in [0.2, 0.25) is 0 Å². The Hall–Kier alpha value is -1.78. The summed E-state index contributed by atoms with van der Waals surface area (Å²) in [6.45, 7) is 7.19. The summed E-state index contributed by atoms with van der Waals surface area (Å²) in [7, 11) is 1.66. The van der Waals surface area contributed by atoms with Crippen molar-refractivity contribution in [1.82, 2.24) is 0 Å². The maximum absolute atomic E-state index is 6.08. The van der Waals surface area contributed by atoms with Gasteiger partial charge in [-0.15, -0.1) is 0 Å². The second kappa shape index (κ2) is 9.38. The third-order valence-electron chi connectivity index (χ3n) is 3.79. The molecule has 1 heterocycles. The van der Waals surface area contributed by atoms with Crippen molar-refractivity contribution in [1.29, 1.82) is 0 Å². The average molecular weight is 318 g/mol. The topological polar surface area (TPSA) is 36.9 Å². The van der Waals surface area contributed by atoms with Crippen LogP contribution in [0, 0.1) is 0 Å². The van der Waals surface area contributed by atoms with Crippen LogP contribution >= 0.6 is 0 Å². The zero-order valence-corrected chi connectivity index (χ0v) is 13.9. The number of benzene rings is 1. The summed E-state index contributed by atoms with van der Waals surface area (Å²) in [6.07, 6.45) is 6.98. The molecule has 0 spiro atoms. The van der Waals surface area contributed by atoms with Gasteiger partial charge in [-0.25, -0.2) is 0 Å².